The first-order valence-corrected chi connectivity index (χ1v) is 3.44. The fraction of sp³-hybridized carbons (Fsp3) is 0.857. The molecule has 0 heterocycles. The summed E-state index contributed by atoms with van der Waals surface area (Å²) in [4.78, 5) is 10.1. The van der Waals surface area contributed by atoms with Gasteiger partial charge in [-0.05, 0) is 0 Å². The lowest BCUT2D eigenvalue weighted by Gasteiger charge is -2.23. The number of quaternary nitrogens is 1. The summed E-state index contributed by atoms with van der Waals surface area (Å²) in [5, 5.41) is 8.30. The number of carboxylic acids is 1. The number of nitrogens with zero attached hydrogens (tertiary/aromatic N) is 1. The third-order valence-corrected chi connectivity index (χ3v) is 1.22. The van der Waals surface area contributed by atoms with E-state index < -0.39 is 5.97 Å². The van der Waals surface area contributed by atoms with Gasteiger partial charge in [0.15, 0.2) is 0 Å². The van der Waals surface area contributed by atoms with Crippen LogP contribution in [0.4, 0.5) is 0 Å². The molecule has 3 heteroatoms. The molecule has 0 aliphatic rings. The lowest BCUT2D eigenvalue weighted by Crippen LogP contribution is -2.35. The minimum Gasteiger partial charge on any atom is -0.481 e. The maximum atomic E-state index is 10.1. The number of hydrogen-bond donors (Lipinski definition) is 1. The number of rotatable bonds is 4. The molecular formula is C7H16NO2+. The SMILES string of the molecule is C[N+](C)(C)CCCC(=O)O. The van der Waals surface area contributed by atoms with Crippen LogP contribution in [0.3, 0.4) is 0 Å². The van der Waals surface area contributed by atoms with Gasteiger partial charge in [-0.2, -0.15) is 0 Å². The Bertz CT molecular complexity index is 115. The van der Waals surface area contributed by atoms with Crippen molar-refractivity contribution in [1.82, 2.24) is 0 Å². The largest absolute Gasteiger partial charge is 0.481 e. The molecular weight excluding hydrogens is 130 g/mol. The smallest absolute Gasteiger partial charge is 0.303 e. The highest BCUT2D eigenvalue weighted by Gasteiger charge is 2.07. The van der Waals surface area contributed by atoms with Gasteiger partial charge in [-0.1, -0.05) is 0 Å². The number of aliphatic carboxylic acids is 1. The van der Waals surface area contributed by atoms with Crippen molar-refractivity contribution in [2.45, 2.75) is 12.8 Å². The zero-order valence-electron chi connectivity index (χ0n) is 6.92. The van der Waals surface area contributed by atoms with Gasteiger partial charge < -0.3 is 9.59 Å². The minimum atomic E-state index is -0.701. The highest BCUT2D eigenvalue weighted by molar-refractivity contribution is 5.66. The summed E-state index contributed by atoms with van der Waals surface area (Å²) in [6, 6.07) is 0. The fourth-order valence-electron chi connectivity index (χ4n) is 0.705. The first kappa shape index (κ1) is 9.43. The van der Waals surface area contributed by atoms with E-state index in [2.05, 4.69) is 21.1 Å². The highest BCUT2D eigenvalue weighted by atomic mass is 16.4. The van der Waals surface area contributed by atoms with Crippen LogP contribution in [0.5, 0.6) is 0 Å². The molecule has 0 atom stereocenters. The van der Waals surface area contributed by atoms with Crippen LogP contribution in [-0.2, 0) is 4.79 Å². The molecule has 0 aromatic rings. The van der Waals surface area contributed by atoms with Gasteiger partial charge >= 0.3 is 5.97 Å². The van der Waals surface area contributed by atoms with Gasteiger partial charge in [0.25, 0.3) is 0 Å². The van der Waals surface area contributed by atoms with Crippen LogP contribution in [0, 0.1) is 0 Å². The number of carboxylic acid groups (broad SMARTS) is 1. The molecule has 3 nitrogen and oxygen atoms in total. The van der Waals surface area contributed by atoms with Crippen LogP contribution in [0.1, 0.15) is 12.8 Å². The van der Waals surface area contributed by atoms with Crippen molar-refractivity contribution in [3.63, 3.8) is 0 Å². The Morgan fingerprint density at radius 2 is 1.90 bits per heavy atom. The Morgan fingerprint density at radius 1 is 1.40 bits per heavy atom. The Labute approximate surface area is 61.9 Å². The molecule has 0 aromatic carbocycles. The normalized spacial score (nSPS) is 11.5. The molecule has 0 amide bonds. The zero-order valence-corrected chi connectivity index (χ0v) is 6.92. The molecule has 60 valence electrons. The molecule has 0 spiro atoms. The van der Waals surface area contributed by atoms with E-state index in [4.69, 9.17) is 5.11 Å². The molecule has 0 bridgehead atoms. The molecule has 0 unspecified atom stereocenters. The zero-order chi connectivity index (χ0) is 8.20. The lowest BCUT2D eigenvalue weighted by atomic mass is 10.3. The average Bonchev–Trinajstić information content (AvgIpc) is 1.59. The van der Waals surface area contributed by atoms with E-state index in [9.17, 15) is 4.79 Å². The standard InChI is InChI=1S/C7H15NO2/c1-8(2,3)6-4-5-7(9)10/h4-6H2,1-3H3/p+1. The molecule has 0 rings (SSSR count). The number of carbonyl (C=O) groups is 1. The predicted molar refractivity (Wildman–Crippen MR) is 39.8 cm³/mol. The predicted octanol–water partition coefficient (Wildman–Crippen LogP) is 0.557. The molecule has 1 N–H and O–H groups in total. The molecule has 0 saturated heterocycles. The fourth-order valence-corrected chi connectivity index (χ4v) is 0.705. The van der Waals surface area contributed by atoms with Crippen molar-refractivity contribution < 1.29 is 14.4 Å². The van der Waals surface area contributed by atoms with Crippen LogP contribution in [0.2, 0.25) is 0 Å². The van der Waals surface area contributed by atoms with Crippen molar-refractivity contribution in [1.29, 1.82) is 0 Å². The topological polar surface area (TPSA) is 37.3 Å². The van der Waals surface area contributed by atoms with E-state index in [1.807, 2.05) is 0 Å². The second-order valence-corrected chi connectivity index (χ2v) is 3.51. The van der Waals surface area contributed by atoms with Gasteiger partial charge in [0, 0.05) is 6.42 Å². The maximum Gasteiger partial charge on any atom is 0.303 e. The van der Waals surface area contributed by atoms with E-state index >= 15 is 0 Å². The maximum absolute atomic E-state index is 10.1. The summed E-state index contributed by atoms with van der Waals surface area (Å²) in [6.45, 7) is 0.923. The second kappa shape index (κ2) is 3.56. The van der Waals surface area contributed by atoms with Gasteiger partial charge in [-0.3, -0.25) is 4.79 Å². The molecule has 0 radical (unpaired) electrons. The Kier molecular flexibility index (Phi) is 3.36. The molecule has 0 aliphatic carbocycles. The third kappa shape index (κ3) is 7.43. The summed E-state index contributed by atoms with van der Waals surface area (Å²) < 4.78 is 0.841. The van der Waals surface area contributed by atoms with Crippen LogP contribution >= 0.6 is 0 Å². The van der Waals surface area contributed by atoms with Gasteiger partial charge in [-0.15, -0.1) is 0 Å². The summed E-state index contributed by atoms with van der Waals surface area (Å²) in [7, 11) is 6.17. The van der Waals surface area contributed by atoms with Crippen molar-refractivity contribution in [3.05, 3.63) is 0 Å². The molecule has 0 aromatic heterocycles. The van der Waals surface area contributed by atoms with Gasteiger partial charge in [0.2, 0.25) is 0 Å². The van der Waals surface area contributed by atoms with Crippen LogP contribution in [0.15, 0.2) is 0 Å². The summed E-state index contributed by atoms with van der Waals surface area (Å²) in [5.41, 5.74) is 0. The Balaban J connectivity index is 3.29. The summed E-state index contributed by atoms with van der Waals surface area (Å²) in [5.74, 6) is -0.701. The minimum absolute atomic E-state index is 0.287. The molecule has 0 aliphatic heterocycles. The van der Waals surface area contributed by atoms with Gasteiger partial charge in [0.1, 0.15) is 0 Å². The van der Waals surface area contributed by atoms with Crippen molar-refractivity contribution >= 4 is 5.97 Å². The van der Waals surface area contributed by atoms with E-state index in [-0.39, 0.29) is 6.42 Å². The van der Waals surface area contributed by atoms with E-state index in [0.29, 0.717) is 0 Å². The van der Waals surface area contributed by atoms with Crippen LogP contribution in [-0.4, -0.2) is 43.2 Å². The summed E-state index contributed by atoms with van der Waals surface area (Å²) in [6.07, 6.45) is 1.05. The first-order chi connectivity index (χ1) is 4.42. The van der Waals surface area contributed by atoms with Crippen LogP contribution < -0.4 is 0 Å². The highest BCUT2D eigenvalue weighted by Crippen LogP contribution is 1.96. The van der Waals surface area contributed by atoms with Crippen molar-refractivity contribution in [3.8, 4) is 0 Å². The summed E-state index contributed by atoms with van der Waals surface area (Å²) >= 11 is 0. The monoisotopic (exact) mass is 146 g/mol. The lowest BCUT2D eigenvalue weighted by molar-refractivity contribution is -0.870. The molecule has 10 heavy (non-hydrogen) atoms. The first-order valence-electron chi connectivity index (χ1n) is 3.44. The Morgan fingerprint density at radius 3 is 2.20 bits per heavy atom. The van der Waals surface area contributed by atoms with Crippen molar-refractivity contribution in [2.75, 3.05) is 27.7 Å². The Hall–Kier alpha value is -0.570. The van der Waals surface area contributed by atoms with E-state index in [1.165, 1.54) is 0 Å². The molecule has 0 fully saturated rings. The second-order valence-electron chi connectivity index (χ2n) is 3.51. The average molecular weight is 146 g/mol. The van der Waals surface area contributed by atoms with Crippen LogP contribution in [0.25, 0.3) is 0 Å². The number of hydrogen-bond acceptors (Lipinski definition) is 1. The van der Waals surface area contributed by atoms with Crippen molar-refractivity contribution in [2.24, 2.45) is 0 Å². The van der Waals surface area contributed by atoms with E-state index in [1.54, 1.807) is 0 Å². The quantitative estimate of drug-likeness (QED) is 0.588. The third-order valence-electron chi connectivity index (χ3n) is 1.22. The van der Waals surface area contributed by atoms with E-state index in [0.717, 1.165) is 17.4 Å². The molecule has 0 saturated carbocycles. The van der Waals surface area contributed by atoms with Gasteiger partial charge in [-0.25, -0.2) is 0 Å². The van der Waals surface area contributed by atoms with Gasteiger partial charge in [0.05, 0.1) is 34.1 Å².